The number of halogens is 1. The van der Waals surface area contributed by atoms with Crippen LogP contribution >= 0.6 is 11.6 Å². The summed E-state index contributed by atoms with van der Waals surface area (Å²) in [6.07, 6.45) is 1.50. The molecule has 0 unspecified atom stereocenters. The average Bonchev–Trinajstić information content (AvgIpc) is 3.35. The number of hydrogen-bond donors (Lipinski definition) is 1. The summed E-state index contributed by atoms with van der Waals surface area (Å²) >= 11 is 6.03. The Labute approximate surface area is 177 Å². The van der Waals surface area contributed by atoms with Crippen LogP contribution < -0.4 is 5.32 Å². The number of nitrogens with one attached hydrogen (secondary N) is 1. The molecule has 3 rings (SSSR count). The molecule has 7 nitrogen and oxygen atoms in total. The molecule has 0 aliphatic carbocycles. The molecule has 0 bridgehead atoms. The maximum Gasteiger partial charge on any atom is 0.317 e. The van der Waals surface area contributed by atoms with E-state index in [9.17, 15) is 14.4 Å². The molecule has 158 valence electrons. The zero-order valence-corrected chi connectivity index (χ0v) is 18.0. The van der Waals surface area contributed by atoms with Gasteiger partial charge in [-0.25, -0.2) is 4.79 Å². The number of carbonyl (C=O) groups excluding carboxylic acids is 3. The highest BCUT2D eigenvalue weighted by atomic mass is 35.5. The lowest BCUT2D eigenvalue weighted by molar-refractivity contribution is -0.144. The Balaban J connectivity index is 1.86. The Morgan fingerprint density at radius 2 is 1.86 bits per heavy atom. The van der Waals surface area contributed by atoms with Crippen LogP contribution in [0.4, 0.5) is 4.79 Å². The number of likely N-dealkylation sites (tertiary alicyclic amines) is 2. The Kier molecular flexibility index (Phi) is 6.67. The summed E-state index contributed by atoms with van der Waals surface area (Å²) in [6, 6.07) is 6.87. The third-order valence-corrected chi connectivity index (χ3v) is 6.06. The van der Waals surface area contributed by atoms with E-state index in [0.29, 0.717) is 37.6 Å². The molecule has 8 heteroatoms. The molecular weight excluding hydrogens is 392 g/mol. The van der Waals surface area contributed by atoms with Gasteiger partial charge in [-0.2, -0.15) is 0 Å². The smallest absolute Gasteiger partial charge is 0.317 e. The molecule has 2 aliphatic heterocycles. The fourth-order valence-corrected chi connectivity index (χ4v) is 4.45. The fourth-order valence-electron chi connectivity index (χ4n) is 4.33. The van der Waals surface area contributed by atoms with E-state index in [4.69, 9.17) is 11.6 Å². The van der Waals surface area contributed by atoms with Crippen LogP contribution in [0.2, 0.25) is 5.02 Å². The summed E-state index contributed by atoms with van der Waals surface area (Å²) in [5, 5.41) is 3.45. The number of urea groups is 1. The van der Waals surface area contributed by atoms with Crippen molar-refractivity contribution in [1.82, 2.24) is 20.0 Å². The first-order valence-corrected chi connectivity index (χ1v) is 10.5. The van der Waals surface area contributed by atoms with Crippen LogP contribution in [0.5, 0.6) is 0 Å². The van der Waals surface area contributed by atoms with Gasteiger partial charge >= 0.3 is 6.03 Å². The van der Waals surface area contributed by atoms with E-state index in [1.165, 1.54) is 0 Å². The zero-order valence-electron chi connectivity index (χ0n) is 17.2. The Morgan fingerprint density at radius 3 is 2.48 bits per heavy atom. The van der Waals surface area contributed by atoms with Crippen molar-refractivity contribution in [3.05, 3.63) is 34.9 Å². The van der Waals surface area contributed by atoms with E-state index in [2.05, 4.69) is 5.32 Å². The van der Waals surface area contributed by atoms with Crippen LogP contribution in [-0.2, 0) is 9.59 Å². The van der Waals surface area contributed by atoms with Gasteiger partial charge in [-0.15, -0.1) is 0 Å². The second-order valence-corrected chi connectivity index (χ2v) is 8.36. The van der Waals surface area contributed by atoms with Crippen molar-refractivity contribution in [2.45, 2.75) is 31.7 Å². The highest BCUT2D eigenvalue weighted by Crippen LogP contribution is 2.36. The van der Waals surface area contributed by atoms with E-state index >= 15 is 0 Å². The topological polar surface area (TPSA) is 73.0 Å². The van der Waals surface area contributed by atoms with E-state index in [1.807, 2.05) is 19.1 Å². The van der Waals surface area contributed by atoms with Gasteiger partial charge in [0.2, 0.25) is 11.8 Å². The zero-order chi connectivity index (χ0) is 21.1. The van der Waals surface area contributed by atoms with Gasteiger partial charge in [0, 0.05) is 51.2 Å². The number of nitrogens with zero attached hydrogens (tertiary/aromatic N) is 3. The Morgan fingerprint density at radius 1 is 1.17 bits per heavy atom. The molecule has 2 heterocycles. The molecule has 4 amide bonds. The molecule has 2 saturated heterocycles. The van der Waals surface area contributed by atoms with Crippen LogP contribution in [0.1, 0.15) is 31.2 Å². The highest BCUT2D eigenvalue weighted by Gasteiger charge is 2.45. The van der Waals surface area contributed by atoms with Gasteiger partial charge in [0.25, 0.3) is 0 Å². The van der Waals surface area contributed by atoms with Gasteiger partial charge in [-0.1, -0.05) is 23.7 Å². The monoisotopic (exact) mass is 420 g/mol. The number of rotatable bonds is 4. The summed E-state index contributed by atoms with van der Waals surface area (Å²) in [7, 11) is 3.43. The Bertz CT molecular complexity index is 768. The van der Waals surface area contributed by atoms with Crippen molar-refractivity contribution in [1.29, 1.82) is 0 Å². The largest absolute Gasteiger partial charge is 0.347 e. The molecule has 2 fully saturated rings. The van der Waals surface area contributed by atoms with E-state index in [-0.39, 0.29) is 29.7 Å². The molecular formula is C21H29ClN4O3. The minimum Gasteiger partial charge on any atom is -0.347 e. The number of likely N-dealkylation sites (N-methyl/N-ethyl adjacent to an activating group) is 1. The first-order valence-electron chi connectivity index (χ1n) is 10.1. The van der Waals surface area contributed by atoms with E-state index < -0.39 is 6.04 Å². The fraction of sp³-hybridized carbons (Fsp3) is 0.571. The summed E-state index contributed by atoms with van der Waals surface area (Å²) in [4.78, 5) is 43.5. The first-order chi connectivity index (χ1) is 13.8. The first kappa shape index (κ1) is 21.4. The maximum atomic E-state index is 13.5. The van der Waals surface area contributed by atoms with Crippen LogP contribution in [0.25, 0.3) is 0 Å². The minimum absolute atomic E-state index is 0.0440. The van der Waals surface area contributed by atoms with Gasteiger partial charge in [0.1, 0.15) is 6.04 Å². The molecule has 1 N–H and O–H groups in total. The second-order valence-electron chi connectivity index (χ2n) is 7.93. The van der Waals surface area contributed by atoms with Gasteiger partial charge in [-0.05, 0) is 37.5 Å². The predicted octanol–water partition coefficient (Wildman–Crippen LogP) is 2.16. The number of amides is 4. The van der Waals surface area contributed by atoms with Crippen molar-refractivity contribution in [3.8, 4) is 0 Å². The Hall–Kier alpha value is -2.28. The summed E-state index contributed by atoms with van der Waals surface area (Å²) < 4.78 is 0. The molecule has 1 aromatic carbocycles. The third kappa shape index (κ3) is 4.50. The lowest BCUT2D eigenvalue weighted by Crippen LogP contribution is -2.48. The molecule has 1 aromatic rings. The third-order valence-electron chi connectivity index (χ3n) is 5.81. The van der Waals surface area contributed by atoms with Crippen molar-refractivity contribution in [3.63, 3.8) is 0 Å². The summed E-state index contributed by atoms with van der Waals surface area (Å²) in [5.41, 5.74) is 0.981. The molecule has 3 atom stereocenters. The van der Waals surface area contributed by atoms with Gasteiger partial charge in [0.05, 0.1) is 5.92 Å². The number of carbonyl (C=O) groups is 3. The second kappa shape index (κ2) is 9.03. The van der Waals surface area contributed by atoms with Crippen LogP contribution in [0, 0.1) is 5.92 Å². The lowest BCUT2D eigenvalue weighted by atomic mass is 9.88. The lowest BCUT2D eigenvalue weighted by Gasteiger charge is -2.30. The van der Waals surface area contributed by atoms with Crippen LogP contribution in [0.15, 0.2) is 24.3 Å². The average molecular weight is 421 g/mol. The van der Waals surface area contributed by atoms with Crippen LogP contribution in [-0.4, -0.2) is 78.9 Å². The maximum absolute atomic E-state index is 13.5. The highest BCUT2D eigenvalue weighted by molar-refractivity contribution is 6.30. The van der Waals surface area contributed by atoms with Crippen LogP contribution in [0.3, 0.4) is 0 Å². The number of hydrogen-bond acceptors (Lipinski definition) is 3. The standard InChI is InChI=1S/C21H29ClN4O3/c1-4-23-21(29)25-12-16(14-7-9-15(22)10-8-14)17(13-25)19(27)26-11-5-6-18(26)20(28)24(2)3/h7-10,16-18H,4-6,11-13H2,1-3H3,(H,23,29)/t16-,17+,18-/m0/s1. The minimum atomic E-state index is -0.415. The van der Waals surface area contributed by atoms with Crippen molar-refractivity contribution in [2.24, 2.45) is 5.92 Å². The van der Waals surface area contributed by atoms with Gasteiger partial charge in [0.15, 0.2) is 0 Å². The quantitative estimate of drug-likeness (QED) is 0.811. The van der Waals surface area contributed by atoms with Gasteiger partial charge < -0.3 is 20.0 Å². The number of benzene rings is 1. The SMILES string of the molecule is CCNC(=O)N1C[C@@H](C(=O)N2CCC[C@H]2C(=O)N(C)C)[C@H](c2ccc(Cl)cc2)C1. The molecule has 0 aromatic heterocycles. The van der Waals surface area contributed by atoms with Crippen molar-refractivity contribution in [2.75, 3.05) is 40.3 Å². The predicted molar refractivity (Wildman–Crippen MR) is 112 cm³/mol. The van der Waals surface area contributed by atoms with Crippen molar-refractivity contribution >= 4 is 29.4 Å². The van der Waals surface area contributed by atoms with Gasteiger partial charge in [-0.3, -0.25) is 9.59 Å². The molecule has 0 saturated carbocycles. The molecule has 0 spiro atoms. The molecule has 29 heavy (non-hydrogen) atoms. The normalized spacial score (nSPS) is 23.9. The summed E-state index contributed by atoms with van der Waals surface area (Å²) in [6.45, 7) is 3.79. The van der Waals surface area contributed by atoms with Crippen molar-refractivity contribution < 1.29 is 14.4 Å². The van der Waals surface area contributed by atoms with E-state index in [0.717, 1.165) is 12.0 Å². The van der Waals surface area contributed by atoms with E-state index in [1.54, 1.807) is 40.9 Å². The molecule has 0 radical (unpaired) electrons. The summed E-state index contributed by atoms with van der Waals surface area (Å²) in [5.74, 6) is -0.598. The molecule has 2 aliphatic rings.